The molecule has 2 unspecified atom stereocenters. The maximum atomic E-state index is 5.96. The first-order chi connectivity index (χ1) is 8.31. The Kier molecular flexibility index (Phi) is 4.47. The molecule has 2 N–H and O–H groups in total. The highest BCUT2D eigenvalue weighted by molar-refractivity contribution is 4.99. The molecular weight excluding hydrogens is 222 g/mol. The van der Waals surface area contributed by atoms with E-state index in [0.717, 1.165) is 31.7 Å². The first-order valence-corrected chi connectivity index (χ1v) is 5.97. The van der Waals surface area contributed by atoms with Crippen molar-refractivity contribution in [1.29, 1.82) is 0 Å². The van der Waals surface area contributed by atoms with Gasteiger partial charge in [-0.1, -0.05) is 5.16 Å². The van der Waals surface area contributed by atoms with Crippen molar-refractivity contribution >= 4 is 0 Å². The number of aromatic nitrogens is 2. The minimum atomic E-state index is -0.200. The molecule has 0 saturated carbocycles. The van der Waals surface area contributed by atoms with Gasteiger partial charge in [-0.05, 0) is 19.3 Å². The molecule has 1 aromatic heterocycles. The van der Waals surface area contributed by atoms with Crippen molar-refractivity contribution < 1.29 is 14.0 Å². The van der Waals surface area contributed by atoms with E-state index in [9.17, 15) is 0 Å². The molecule has 6 heteroatoms. The van der Waals surface area contributed by atoms with Crippen LogP contribution in [0.5, 0.6) is 0 Å². The molecule has 1 fully saturated rings. The Morgan fingerprint density at radius 3 is 3.18 bits per heavy atom. The Balaban J connectivity index is 1.88. The van der Waals surface area contributed by atoms with Crippen LogP contribution in [0.3, 0.4) is 0 Å². The van der Waals surface area contributed by atoms with Gasteiger partial charge in [0, 0.05) is 26.2 Å². The SMILES string of the molecule is COCCCC(N)c1nc(C2CCOC2)no1. The predicted octanol–water partition coefficient (Wildman–Crippen LogP) is 1.000. The van der Waals surface area contributed by atoms with Crippen molar-refractivity contribution in [2.24, 2.45) is 5.73 Å². The molecule has 0 aliphatic carbocycles. The van der Waals surface area contributed by atoms with Crippen LogP contribution in [0.25, 0.3) is 0 Å². The summed E-state index contributed by atoms with van der Waals surface area (Å²) in [6.45, 7) is 2.15. The predicted molar refractivity (Wildman–Crippen MR) is 60.5 cm³/mol. The number of hydrogen-bond donors (Lipinski definition) is 1. The van der Waals surface area contributed by atoms with E-state index in [1.807, 2.05) is 0 Å². The number of ether oxygens (including phenoxy) is 2. The Morgan fingerprint density at radius 1 is 1.59 bits per heavy atom. The number of hydrogen-bond acceptors (Lipinski definition) is 6. The van der Waals surface area contributed by atoms with Gasteiger partial charge in [0.25, 0.3) is 0 Å². The van der Waals surface area contributed by atoms with Crippen molar-refractivity contribution in [3.05, 3.63) is 11.7 Å². The summed E-state index contributed by atoms with van der Waals surface area (Å²) < 4.78 is 15.5. The van der Waals surface area contributed by atoms with E-state index in [0.29, 0.717) is 19.1 Å². The monoisotopic (exact) mass is 241 g/mol. The van der Waals surface area contributed by atoms with Crippen LogP contribution < -0.4 is 5.73 Å². The minimum Gasteiger partial charge on any atom is -0.385 e. The molecule has 17 heavy (non-hydrogen) atoms. The van der Waals surface area contributed by atoms with Crippen molar-refractivity contribution in [1.82, 2.24) is 10.1 Å². The first kappa shape index (κ1) is 12.5. The lowest BCUT2D eigenvalue weighted by atomic mass is 10.1. The molecule has 0 spiro atoms. The van der Waals surface area contributed by atoms with Gasteiger partial charge in [0.2, 0.25) is 5.89 Å². The molecule has 96 valence electrons. The molecule has 2 atom stereocenters. The number of nitrogens with zero attached hydrogens (tertiary/aromatic N) is 2. The summed E-state index contributed by atoms with van der Waals surface area (Å²) in [5.41, 5.74) is 5.96. The maximum absolute atomic E-state index is 5.96. The zero-order valence-electron chi connectivity index (χ0n) is 10.1. The van der Waals surface area contributed by atoms with E-state index in [2.05, 4.69) is 10.1 Å². The van der Waals surface area contributed by atoms with Crippen LogP contribution in [-0.4, -0.2) is 37.1 Å². The highest BCUT2D eigenvalue weighted by Gasteiger charge is 2.24. The summed E-state index contributed by atoms with van der Waals surface area (Å²) in [7, 11) is 1.68. The third kappa shape index (κ3) is 3.24. The summed E-state index contributed by atoms with van der Waals surface area (Å²) in [5, 5.41) is 3.97. The largest absolute Gasteiger partial charge is 0.385 e. The maximum Gasteiger partial charge on any atom is 0.243 e. The molecule has 6 nitrogen and oxygen atoms in total. The van der Waals surface area contributed by atoms with Gasteiger partial charge in [-0.25, -0.2) is 0 Å². The first-order valence-electron chi connectivity index (χ1n) is 5.97. The van der Waals surface area contributed by atoms with Crippen LogP contribution >= 0.6 is 0 Å². The molecule has 2 heterocycles. The highest BCUT2D eigenvalue weighted by Crippen LogP contribution is 2.24. The van der Waals surface area contributed by atoms with Crippen molar-refractivity contribution in [2.45, 2.75) is 31.2 Å². The topological polar surface area (TPSA) is 83.4 Å². The Hall–Kier alpha value is -0.980. The molecule has 1 aliphatic rings. The lowest BCUT2D eigenvalue weighted by Crippen LogP contribution is -2.12. The summed E-state index contributed by atoms with van der Waals surface area (Å²) in [6.07, 6.45) is 2.64. The number of methoxy groups -OCH3 is 1. The lowest BCUT2D eigenvalue weighted by molar-refractivity contribution is 0.188. The molecule has 1 aromatic rings. The van der Waals surface area contributed by atoms with Crippen LogP contribution in [0, 0.1) is 0 Å². The van der Waals surface area contributed by atoms with Gasteiger partial charge in [-0.2, -0.15) is 4.98 Å². The molecule has 0 aromatic carbocycles. The van der Waals surface area contributed by atoms with E-state index >= 15 is 0 Å². The molecule has 0 radical (unpaired) electrons. The average molecular weight is 241 g/mol. The Morgan fingerprint density at radius 2 is 2.47 bits per heavy atom. The van der Waals surface area contributed by atoms with E-state index < -0.39 is 0 Å². The van der Waals surface area contributed by atoms with Gasteiger partial charge in [0.15, 0.2) is 5.82 Å². The molecular formula is C11H19N3O3. The third-order valence-electron chi connectivity index (χ3n) is 2.93. The fourth-order valence-electron chi connectivity index (χ4n) is 1.87. The fourth-order valence-corrected chi connectivity index (χ4v) is 1.87. The van der Waals surface area contributed by atoms with Gasteiger partial charge in [-0.3, -0.25) is 0 Å². The minimum absolute atomic E-state index is 0.200. The fraction of sp³-hybridized carbons (Fsp3) is 0.818. The van der Waals surface area contributed by atoms with Crippen LogP contribution in [0.4, 0.5) is 0 Å². The molecule has 1 saturated heterocycles. The number of nitrogens with two attached hydrogens (primary N) is 1. The molecule has 1 aliphatic heterocycles. The smallest absolute Gasteiger partial charge is 0.243 e. The zero-order chi connectivity index (χ0) is 12.1. The molecule has 0 bridgehead atoms. The molecule has 0 amide bonds. The third-order valence-corrected chi connectivity index (χ3v) is 2.93. The van der Waals surface area contributed by atoms with Gasteiger partial charge in [-0.15, -0.1) is 0 Å². The Bertz CT molecular complexity index is 336. The van der Waals surface area contributed by atoms with Gasteiger partial charge < -0.3 is 19.7 Å². The van der Waals surface area contributed by atoms with E-state index in [-0.39, 0.29) is 12.0 Å². The highest BCUT2D eigenvalue weighted by atomic mass is 16.5. The molecule has 2 rings (SSSR count). The van der Waals surface area contributed by atoms with Crippen LogP contribution in [0.15, 0.2) is 4.52 Å². The normalized spacial score (nSPS) is 21.9. The van der Waals surface area contributed by atoms with Gasteiger partial charge in [0.1, 0.15) is 0 Å². The second kappa shape index (κ2) is 6.09. The summed E-state index contributed by atoms with van der Waals surface area (Å²) in [4.78, 5) is 4.35. The van der Waals surface area contributed by atoms with Crippen molar-refractivity contribution in [3.63, 3.8) is 0 Å². The summed E-state index contributed by atoms with van der Waals surface area (Å²) in [6, 6.07) is -0.200. The van der Waals surface area contributed by atoms with E-state index in [4.69, 9.17) is 19.7 Å². The van der Waals surface area contributed by atoms with E-state index in [1.54, 1.807) is 7.11 Å². The lowest BCUT2D eigenvalue weighted by Gasteiger charge is -2.05. The van der Waals surface area contributed by atoms with Crippen LogP contribution in [-0.2, 0) is 9.47 Å². The van der Waals surface area contributed by atoms with Crippen molar-refractivity contribution in [2.75, 3.05) is 26.9 Å². The average Bonchev–Trinajstić information content (AvgIpc) is 3.00. The summed E-state index contributed by atoms with van der Waals surface area (Å²) >= 11 is 0. The standard InChI is InChI=1S/C11H19N3O3/c1-15-5-2-3-9(12)11-13-10(14-17-11)8-4-6-16-7-8/h8-9H,2-7,12H2,1H3. The van der Waals surface area contributed by atoms with Gasteiger partial charge >= 0.3 is 0 Å². The second-order valence-electron chi connectivity index (χ2n) is 4.29. The van der Waals surface area contributed by atoms with E-state index in [1.165, 1.54) is 0 Å². The Labute approximate surface area is 100 Å². The van der Waals surface area contributed by atoms with Crippen LogP contribution in [0.2, 0.25) is 0 Å². The second-order valence-corrected chi connectivity index (χ2v) is 4.29. The van der Waals surface area contributed by atoms with Crippen LogP contribution in [0.1, 0.15) is 42.9 Å². The zero-order valence-corrected chi connectivity index (χ0v) is 10.1. The van der Waals surface area contributed by atoms with Crippen molar-refractivity contribution in [3.8, 4) is 0 Å². The number of rotatable bonds is 6. The van der Waals surface area contributed by atoms with Gasteiger partial charge in [0.05, 0.1) is 12.6 Å². The quantitative estimate of drug-likeness (QED) is 0.748. The summed E-state index contributed by atoms with van der Waals surface area (Å²) in [5.74, 6) is 1.50.